The van der Waals surface area contributed by atoms with E-state index >= 15 is 0 Å². The molecule has 21 heavy (non-hydrogen) atoms. The Bertz CT molecular complexity index is 482. The lowest BCUT2D eigenvalue weighted by atomic mass is 10.1. The van der Waals surface area contributed by atoms with Crippen molar-refractivity contribution in [2.24, 2.45) is 5.92 Å². The molecule has 0 bridgehead atoms. The molecule has 1 aromatic carbocycles. The Kier molecular flexibility index (Phi) is 5.56. The zero-order chi connectivity index (χ0) is 15.2. The van der Waals surface area contributed by atoms with Crippen LogP contribution in [0.5, 0.6) is 5.75 Å². The van der Waals surface area contributed by atoms with Gasteiger partial charge in [0, 0.05) is 18.7 Å². The second-order valence-corrected chi connectivity index (χ2v) is 5.71. The first-order valence-electron chi connectivity index (χ1n) is 7.77. The Morgan fingerprint density at radius 1 is 1.38 bits per heavy atom. The fourth-order valence-electron chi connectivity index (χ4n) is 2.22. The number of hydrogen-bond donors (Lipinski definition) is 1. The smallest absolute Gasteiger partial charge is 0.311 e. The zero-order valence-electron chi connectivity index (χ0n) is 12.8. The molecule has 0 aliphatic heterocycles. The van der Waals surface area contributed by atoms with Gasteiger partial charge in [-0.25, -0.2) is 0 Å². The second-order valence-electron chi connectivity index (χ2n) is 5.71. The molecule has 0 atom stereocenters. The summed E-state index contributed by atoms with van der Waals surface area (Å²) in [6.07, 6.45) is 4.46. The van der Waals surface area contributed by atoms with E-state index in [-0.39, 0.29) is 10.6 Å². The normalized spacial score (nSPS) is 14.4. The quantitative estimate of drug-likeness (QED) is 0.557. The molecule has 0 saturated heterocycles. The third-order valence-corrected chi connectivity index (χ3v) is 4.02. The van der Waals surface area contributed by atoms with E-state index in [2.05, 4.69) is 19.2 Å². The molecule has 2 rings (SSSR count). The average Bonchev–Trinajstić information content (AvgIpc) is 3.31. The molecule has 1 aliphatic rings. The third kappa shape index (κ3) is 4.70. The van der Waals surface area contributed by atoms with E-state index in [0.717, 1.165) is 18.4 Å². The van der Waals surface area contributed by atoms with Crippen molar-refractivity contribution in [1.82, 2.24) is 5.32 Å². The van der Waals surface area contributed by atoms with Gasteiger partial charge >= 0.3 is 5.69 Å². The fourth-order valence-corrected chi connectivity index (χ4v) is 2.22. The van der Waals surface area contributed by atoms with Crippen LogP contribution in [0.15, 0.2) is 18.2 Å². The van der Waals surface area contributed by atoms with E-state index in [1.165, 1.54) is 12.8 Å². The highest BCUT2D eigenvalue weighted by Gasteiger charge is 2.21. The molecule has 0 aromatic heterocycles. The molecular formula is C16H24N2O3. The first-order chi connectivity index (χ1) is 10.1. The van der Waals surface area contributed by atoms with E-state index < -0.39 is 0 Å². The Morgan fingerprint density at radius 2 is 2.10 bits per heavy atom. The minimum absolute atomic E-state index is 0.0658. The Morgan fingerprint density at radius 3 is 2.67 bits per heavy atom. The van der Waals surface area contributed by atoms with Crippen LogP contribution in [-0.2, 0) is 6.54 Å². The minimum Gasteiger partial charge on any atom is -0.487 e. The largest absolute Gasteiger partial charge is 0.487 e. The van der Waals surface area contributed by atoms with Gasteiger partial charge in [0.25, 0.3) is 0 Å². The van der Waals surface area contributed by atoms with Crippen LogP contribution in [0.2, 0.25) is 0 Å². The first kappa shape index (κ1) is 15.8. The Hall–Kier alpha value is -1.62. The summed E-state index contributed by atoms with van der Waals surface area (Å²) >= 11 is 0. The molecule has 0 spiro atoms. The number of ether oxygens (including phenoxy) is 1. The second kappa shape index (κ2) is 7.41. The van der Waals surface area contributed by atoms with Gasteiger partial charge in [-0.3, -0.25) is 10.1 Å². The van der Waals surface area contributed by atoms with Crippen molar-refractivity contribution in [1.29, 1.82) is 0 Å². The van der Waals surface area contributed by atoms with Crippen molar-refractivity contribution in [3.8, 4) is 5.75 Å². The number of nitro groups is 1. The summed E-state index contributed by atoms with van der Waals surface area (Å²) in [6.45, 7) is 5.43. The van der Waals surface area contributed by atoms with Gasteiger partial charge in [-0.2, -0.15) is 0 Å². The summed E-state index contributed by atoms with van der Waals surface area (Å²) in [7, 11) is 0. The molecule has 1 saturated carbocycles. The summed E-state index contributed by atoms with van der Waals surface area (Å²) in [6, 6.07) is 5.85. The molecule has 1 fully saturated rings. The van der Waals surface area contributed by atoms with Crippen LogP contribution < -0.4 is 10.1 Å². The Labute approximate surface area is 125 Å². The Balaban J connectivity index is 2.03. The third-order valence-electron chi connectivity index (χ3n) is 4.02. The number of rotatable bonds is 9. The average molecular weight is 292 g/mol. The number of nitrogens with one attached hydrogen (secondary N) is 1. The highest BCUT2D eigenvalue weighted by atomic mass is 16.6. The standard InChI is InChI=1S/C16H24N2O3/c1-3-12(4-2)11-21-16-8-5-13(9-15(16)18(19)20)10-17-14-6-7-14/h5,8-9,12,14,17H,3-4,6-7,10-11H2,1-2H3. The SMILES string of the molecule is CCC(CC)COc1ccc(CNC2CC2)cc1[N+](=O)[O-]. The van der Waals surface area contributed by atoms with Crippen molar-refractivity contribution < 1.29 is 9.66 Å². The molecule has 0 unspecified atom stereocenters. The summed E-state index contributed by atoms with van der Waals surface area (Å²) in [5.41, 5.74) is 1.000. The lowest BCUT2D eigenvalue weighted by molar-refractivity contribution is -0.386. The maximum atomic E-state index is 11.2. The molecule has 0 amide bonds. The van der Waals surface area contributed by atoms with Crippen LogP contribution in [0.25, 0.3) is 0 Å². The van der Waals surface area contributed by atoms with E-state index in [0.29, 0.717) is 30.9 Å². The molecule has 1 N–H and O–H groups in total. The summed E-state index contributed by atoms with van der Waals surface area (Å²) < 4.78 is 5.67. The van der Waals surface area contributed by atoms with Gasteiger partial charge in [-0.15, -0.1) is 0 Å². The van der Waals surface area contributed by atoms with Gasteiger partial charge < -0.3 is 10.1 Å². The van der Waals surface area contributed by atoms with Crippen molar-refractivity contribution in [2.45, 2.75) is 52.1 Å². The van der Waals surface area contributed by atoms with Crippen molar-refractivity contribution in [2.75, 3.05) is 6.61 Å². The highest BCUT2D eigenvalue weighted by molar-refractivity contribution is 5.48. The highest BCUT2D eigenvalue weighted by Crippen LogP contribution is 2.29. The maximum Gasteiger partial charge on any atom is 0.311 e. The zero-order valence-corrected chi connectivity index (χ0v) is 12.8. The fraction of sp³-hybridized carbons (Fsp3) is 0.625. The van der Waals surface area contributed by atoms with Gasteiger partial charge in [0.05, 0.1) is 11.5 Å². The first-order valence-corrected chi connectivity index (χ1v) is 7.77. The number of nitro benzene ring substituents is 1. The van der Waals surface area contributed by atoms with Crippen molar-refractivity contribution >= 4 is 5.69 Å². The molecule has 1 aliphatic carbocycles. The van der Waals surface area contributed by atoms with Gasteiger partial charge in [0.15, 0.2) is 5.75 Å². The van der Waals surface area contributed by atoms with Gasteiger partial charge in [-0.1, -0.05) is 32.8 Å². The van der Waals surface area contributed by atoms with Crippen molar-refractivity contribution in [3.05, 3.63) is 33.9 Å². The predicted octanol–water partition coefficient (Wildman–Crippen LogP) is 3.66. The van der Waals surface area contributed by atoms with Gasteiger partial charge in [-0.05, 0) is 30.4 Å². The monoisotopic (exact) mass is 292 g/mol. The molecule has 0 heterocycles. The van der Waals surface area contributed by atoms with E-state index in [4.69, 9.17) is 4.74 Å². The molecule has 1 aromatic rings. The number of hydrogen-bond acceptors (Lipinski definition) is 4. The van der Waals surface area contributed by atoms with Gasteiger partial charge in [0.2, 0.25) is 0 Å². The van der Waals surface area contributed by atoms with Crippen LogP contribution in [0, 0.1) is 16.0 Å². The molecule has 5 nitrogen and oxygen atoms in total. The summed E-state index contributed by atoms with van der Waals surface area (Å²) in [5.74, 6) is 0.822. The van der Waals surface area contributed by atoms with Crippen LogP contribution in [-0.4, -0.2) is 17.6 Å². The lowest BCUT2D eigenvalue weighted by Crippen LogP contribution is -2.15. The minimum atomic E-state index is -0.358. The molecule has 116 valence electrons. The molecular weight excluding hydrogens is 268 g/mol. The number of benzene rings is 1. The summed E-state index contributed by atoms with van der Waals surface area (Å²) in [5, 5.41) is 14.6. The van der Waals surface area contributed by atoms with Crippen LogP contribution in [0.4, 0.5) is 5.69 Å². The van der Waals surface area contributed by atoms with Crippen LogP contribution in [0.3, 0.4) is 0 Å². The van der Waals surface area contributed by atoms with Crippen molar-refractivity contribution in [3.63, 3.8) is 0 Å². The molecule has 5 heteroatoms. The predicted molar refractivity (Wildman–Crippen MR) is 82.5 cm³/mol. The maximum absolute atomic E-state index is 11.2. The van der Waals surface area contributed by atoms with Crippen LogP contribution >= 0.6 is 0 Å². The van der Waals surface area contributed by atoms with Gasteiger partial charge in [0.1, 0.15) is 0 Å². The summed E-state index contributed by atoms with van der Waals surface area (Å²) in [4.78, 5) is 10.9. The van der Waals surface area contributed by atoms with E-state index in [1.807, 2.05) is 6.07 Å². The van der Waals surface area contributed by atoms with E-state index in [1.54, 1.807) is 12.1 Å². The van der Waals surface area contributed by atoms with Crippen LogP contribution in [0.1, 0.15) is 45.1 Å². The van der Waals surface area contributed by atoms with E-state index in [9.17, 15) is 10.1 Å². The lowest BCUT2D eigenvalue weighted by Gasteiger charge is -2.14. The number of nitrogens with zero attached hydrogens (tertiary/aromatic N) is 1. The topological polar surface area (TPSA) is 64.4 Å². The molecule has 0 radical (unpaired) electrons.